The molecule has 96 valence electrons. The fourth-order valence-electron chi connectivity index (χ4n) is 1.90. The standard InChI is InChI=1S/C13H16BrN3O/c1-3-10-8-11(17(4-2)15-10)9-16-7-5-6-12(14)13(16)18/h5-8H,3-4,9H2,1-2H3. The van der Waals surface area contributed by atoms with Gasteiger partial charge in [-0.05, 0) is 47.5 Å². The van der Waals surface area contributed by atoms with Crippen LogP contribution in [0.25, 0.3) is 0 Å². The summed E-state index contributed by atoms with van der Waals surface area (Å²) in [6, 6.07) is 5.68. The van der Waals surface area contributed by atoms with Crippen LogP contribution in [-0.2, 0) is 19.5 Å². The number of hydrogen-bond acceptors (Lipinski definition) is 2. The molecule has 0 bridgehead atoms. The van der Waals surface area contributed by atoms with Crippen LogP contribution in [0, 0.1) is 0 Å². The molecule has 4 nitrogen and oxygen atoms in total. The Bertz CT molecular complexity index is 601. The third-order valence-electron chi connectivity index (χ3n) is 2.88. The van der Waals surface area contributed by atoms with Crippen LogP contribution in [0.5, 0.6) is 0 Å². The molecular formula is C13H16BrN3O. The van der Waals surface area contributed by atoms with E-state index >= 15 is 0 Å². The van der Waals surface area contributed by atoms with Gasteiger partial charge in [-0.15, -0.1) is 0 Å². The summed E-state index contributed by atoms with van der Waals surface area (Å²) < 4.78 is 4.22. The van der Waals surface area contributed by atoms with Gasteiger partial charge in [-0.2, -0.15) is 5.10 Å². The van der Waals surface area contributed by atoms with Crippen molar-refractivity contribution in [1.29, 1.82) is 0 Å². The Hall–Kier alpha value is -1.36. The molecule has 0 unspecified atom stereocenters. The number of halogens is 1. The molecule has 0 aliphatic heterocycles. The molecule has 0 spiro atoms. The zero-order chi connectivity index (χ0) is 13.1. The van der Waals surface area contributed by atoms with E-state index in [4.69, 9.17) is 0 Å². The van der Waals surface area contributed by atoms with Gasteiger partial charge >= 0.3 is 0 Å². The second kappa shape index (κ2) is 5.52. The van der Waals surface area contributed by atoms with Crippen molar-refractivity contribution in [2.75, 3.05) is 0 Å². The summed E-state index contributed by atoms with van der Waals surface area (Å²) >= 11 is 3.26. The Morgan fingerprint density at radius 3 is 2.83 bits per heavy atom. The minimum atomic E-state index is -0.0144. The van der Waals surface area contributed by atoms with Crippen molar-refractivity contribution in [3.8, 4) is 0 Å². The summed E-state index contributed by atoms with van der Waals surface area (Å²) in [5, 5.41) is 4.49. The van der Waals surface area contributed by atoms with E-state index in [9.17, 15) is 4.79 Å². The van der Waals surface area contributed by atoms with Crippen molar-refractivity contribution >= 4 is 15.9 Å². The van der Waals surface area contributed by atoms with E-state index in [-0.39, 0.29) is 5.56 Å². The van der Waals surface area contributed by atoms with Gasteiger partial charge in [0.1, 0.15) is 0 Å². The second-order valence-corrected chi connectivity index (χ2v) is 4.94. The van der Waals surface area contributed by atoms with Crippen LogP contribution >= 0.6 is 15.9 Å². The maximum absolute atomic E-state index is 11.9. The van der Waals surface area contributed by atoms with Crippen LogP contribution in [0.1, 0.15) is 25.2 Å². The number of aromatic nitrogens is 3. The first-order chi connectivity index (χ1) is 8.65. The van der Waals surface area contributed by atoms with Crippen molar-refractivity contribution in [3.63, 3.8) is 0 Å². The highest BCUT2D eigenvalue weighted by Gasteiger charge is 2.08. The number of pyridine rings is 1. The number of rotatable bonds is 4. The van der Waals surface area contributed by atoms with Gasteiger partial charge in [-0.3, -0.25) is 9.48 Å². The van der Waals surface area contributed by atoms with Gasteiger partial charge in [-0.1, -0.05) is 6.92 Å². The maximum Gasteiger partial charge on any atom is 0.265 e. The van der Waals surface area contributed by atoms with Crippen molar-refractivity contribution in [2.24, 2.45) is 0 Å². The van der Waals surface area contributed by atoms with E-state index in [0.29, 0.717) is 11.0 Å². The molecule has 0 atom stereocenters. The number of aryl methyl sites for hydroxylation is 2. The number of hydrogen-bond donors (Lipinski definition) is 0. The Kier molecular flexibility index (Phi) is 4.01. The summed E-state index contributed by atoms with van der Waals surface area (Å²) in [5.74, 6) is 0. The number of nitrogens with zero attached hydrogens (tertiary/aromatic N) is 3. The van der Waals surface area contributed by atoms with Gasteiger partial charge in [0.05, 0.1) is 22.4 Å². The van der Waals surface area contributed by atoms with Crippen LogP contribution in [-0.4, -0.2) is 14.3 Å². The first-order valence-corrected chi connectivity index (χ1v) is 6.85. The lowest BCUT2D eigenvalue weighted by Gasteiger charge is -2.07. The van der Waals surface area contributed by atoms with Gasteiger partial charge in [0.15, 0.2) is 0 Å². The summed E-state index contributed by atoms with van der Waals surface area (Å²) in [6.45, 7) is 5.51. The van der Waals surface area contributed by atoms with Crippen LogP contribution in [0.3, 0.4) is 0 Å². The molecule has 2 heterocycles. The van der Waals surface area contributed by atoms with E-state index in [2.05, 4.69) is 40.9 Å². The molecular weight excluding hydrogens is 294 g/mol. The molecule has 5 heteroatoms. The molecule has 0 fully saturated rings. The fourth-order valence-corrected chi connectivity index (χ4v) is 2.28. The van der Waals surface area contributed by atoms with Crippen molar-refractivity contribution < 1.29 is 0 Å². The molecule has 0 amide bonds. The fraction of sp³-hybridized carbons (Fsp3) is 0.385. The lowest BCUT2D eigenvalue weighted by Crippen LogP contribution is -2.21. The highest BCUT2D eigenvalue weighted by molar-refractivity contribution is 9.10. The topological polar surface area (TPSA) is 39.8 Å². The first-order valence-electron chi connectivity index (χ1n) is 6.06. The molecule has 0 N–H and O–H groups in total. The average molecular weight is 310 g/mol. The van der Waals surface area contributed by atoms with Gasteiger partial charge in [-0.25, -0.2) is 0 Å². The highest BCUT2D eigenvalue weighted by Crippen LogP contribution is 2.08. The third kappa shape index (κ3) is 2.56. The zero-order valence-electron chi connectivity index (χ0n) is 10.6. The van der Waals surface area contributed by atoms with Gasteiger partial charge < -0.3 is 4.57 Å². The normalized spacial score (nSPS) is 10.8. The quantitative estimate of drug-likeness (QED) is 0.870. The Morgan fingerprint density at radius 1 is 1.39 bits per heavy atom. The molecule has 2 aromatic heterocycles. The van der Waals surface area contributed by atoms with Crippen molar-refractivity contribution in [1.82, 2.24) is 14.3 Å². The molecule has 0 saturated carbocycles. The Balaban J connectivity index is 2.36. The van der Waals surface area contributed by atoms with Crippen LogP contribution in [0.4, 0.5) is 0 Å². The van der Waals surface area contributed by atoms with E-state index in [1.54, 1.807) is 16.8 Å². The molecule has 0 saturated heterocycles. The van der Waals surface area contributed by atoms with Crippen molar-refractivity contribution in [2.45, 2.75) is 33.4 Å². The monoisotopic (exact) mass is 309 g/mol. The summed E-state index contributed by atoms with van der Waals surface area (Å²) in [4.78, 5) is 11.9. The van der Waals surface area contributed by atoms with E-state index in [1.165, 1.54) is 0 Å². The summed E-state index contributed by atoms with van der Waals surface area (Å²) in [7, 11) is 0. The molecule has 2 rings (SSSR count). The Morgan fingerprint density at radius 2 is 2.17 bits per heavy atom. The third-order valence-corrected chi connectivity index (χ3v) is 3.49. The molecule has 0 aromatic carbocycles. The second-order valence-electron chi connectivity index (χ2n) is 4.09. The molecule has 18 heavy (non-hydrogen) atoms. The van der Waals surface area contributed by atoms with E-state index in [0.717, 1.165) is 24.4 Å². The van der Waals surface area contributed by atoms with Gasteiger partial charge in [0.2, 0.25) is 0 Å². The minimum Gasteiger partial charge on any atom is -0.309 e. The van der Waals surface area contributed by atoms with E-state index in [1.807, 2.05) is 10.7 Å². The van der Waals surface area contributed by atoms with Gasteiger partial charge in [0.25, 0.3) is 5.56 Å². The summed E-state index contributed by atoms with van der Waals surface area (Å²) in [6.07, 6.45) is 2.71. The van der Waals surface area contributed by atoms with Crippen molar-refractivity contribution in [3.05, 3.63) is 50.6 Å². The summed E-state index contributed by atoms with van der Waals surface area (Å²) in [5.41, 5.74) is 2.11. The lowest BCUT2D eigenvalue weighted by molar-refractivity contribution is 0.589. The average Bonchev–Trinajstić information content (AvgIpc) is 2.77. The van der Waals surface area contributed by atoms with E-state index < -0.39 is 0 Å². The largest absolute Gasteiger partial charge is 0.309 e. The van der Waals surface area contributed by atoms with Crippen LogP contribution < -0.4 is 5.56 Å². The molecule has 0 radical (unpaired) electrons. The predicted molar refractivity (Wildman–Crippen MR) is 74.8 cm³/mol. The zero-order valence-corrected chi connectivity index (χ0v) is 12.1. The first kappa shape index (κ1) is 13.1. The lowest BCUT2D eigenvalue weighted by atomic mass is 10.3. The smallest absolute Gasteiger partial charge is 0.265 e. The van der Waals surface area contributed by atoms with Crippen LogP contribution in [0.15, 0.2) is 33.7 Å². The Labute approximate surface area is 114 Å². The molecule has 0 aliphatic rings. The minimum absolute atomic E-state index is 0.0144. The maximum atomic E-state index is 11.9. The predicted octanol–water partition coefficient (Wildman–Crippen LogP) is 2.44. The molecule has 2 aromatic rings. The SMILES string of the molecule is CCc1cc(Cn2cccc(Br)c2=O)n(CC)n1. The van der Waals surface area contributed by atoms with Gasteiger partial charge in [0, 0.05) is 12.7 Å². The molecule has 0 aliphatic carbocycles. The highest BCUT2D eigenvalue weighted by atomic mass is 79.9. The van der Waals surface area contributed by atoms with Crippen LogP contribution in [0.2, 0.25) is 0 Å².